The lowest BCUT2D eigenvalue weighted by atomic mass is 9.93. The van der Waals surface area contributed by atoms with Crippen LogP contribution in [-0.4, -0.2) is 44.4 Å². The predicted molar refractivity (Wildman–Crippen MR) is 123 cm³/mol. The number of ether oxygens (including phenoxy) is 1. The lowest BCUT2D eigenvalue weighted by Crippen LogP contribution is -2.44. The van der Waals surface area contributed by atoms with Gasteiger partial charge in [0.25, 0.3) is 5.91 Å². The highest BCUT2D eigenvalue weighted by Gasteiger charge is 2.47. The number of rotatable bonds is 8. The Kier molecular flexibility index (Phi) is 6.07. The average Bonchev–Trinajstić information content (AvgIpc) is 3.01. The van der Waals surface area contributed by atoms with Gasteiger partial charge >= 0.3 is 6.03 Å². The van der Waals surface area contributed by atoms with Crippen LogP contribution >= 0.6 is 0 Å². The molecule has 2 aromatic carbocycles. The second-order valence-electron chi connectivity index (χ2n) is 7.93. The zero-order valence-corrected chi connectivity index (χ0v) is 18.4. The fourth-order valence-corrected chi connectivity index (χ4v) is 3.60. The van der Waals surface area contributed by atoms with Crippen molar-refractivity contribution in [3.63, 3.8) is 0 Å². The van der Waals surface area contributed by atoms with E-state index in [-0.39, 0.29) is 30.2 Å². The molecule has 4 rings (SSSR count). The van der Waals surface area contributed by atoms with Gasteiger partial charge in [-0.05, 0) is 49.6 Å². The third kappa shape index (κ3) is 5.00. The molecule has 33 heavy (non-hydrogen) atoms. The highest BCUT2D eigenvalue weighted by atomic mass is 16.5. The van der Waals surface area contributed by atoms with E-state index in [1.807, 2.05) is 54.6 Å². The molecule has 0 spiro atoms. The normalized spacial score (nSPS) is 17.7. The molecule has 0 aliphatic carbocycles. The minimum absolute atomic E-state index is 0.00671. The van der Waals surface area contributed by atoms with Gasteiger partial charge in [0.15, 0.2) is 5.82 Å². The first kappa shape index (κ1) is 22.0. The van der Waals surface area contributed by atoms with E-state index in [9.17, 15) is 9.59 Å². The first-order chi connectivity index (χ1) is 15.9. The van der Waals surface area contributed by atoms with Gasteiger partial charge in [0.05, 0.1) is 13.7 Å². The minimum atomic E-state index is -1.03. The van der Waals surface area contributed by atoms with Gasteiger partial charge in [-0.3, -0.25) is 9.69 Å². The summed E-state index contributed by atoms with van der Waals surface area (Å²) in [7, 11) is 1.61. The Bertz CT molecular complexity index is 1150. The van der Waals surface area contributed by atoms with Gasteiger partial charge in [-0.2, -0.15) is 15.0 Å². The summed E-state index contributed by atoms with van der Waals surface area (Å²) in [6.07, 6.45) is 1.06. The van der Waals surface area contributed by atoms with Crippen LogP contribution in [0.3, 0.4) is 0 Å². The molecule has 4 N–H and O–H groups in total. The zero-order chi connectivity index (χ0) is 23.4. The molecule has 2 heterocycles. The number of methoxy groups -OCH3 is 1. The molecular weight excluding hydrogens is 422 g/mol. The number of carbonyl (C=O) groups is 2. The summed E-state index contributed by atoms with van der Waals surface area (Å²) < 4.78 is 5.17. The monoisotopic (exact) mass is 447 g/mol. The van der Waals surface area contributed by atoms with Crippen LogP contribution in [0.5, 0.6) is 5.75 Å². The molecule has 10 heteroatoms. The number of nitrogen functional groups attached to an aromatic ring is 1. The molecule has 3 amide bonds. The lowest BCUT2D eigenvalue weighted by Gasteiger charge is -2.21. The maximum Gasteiger partial charge on any atom is 0.325 e. The van der Waals surface area contributed by atoms with Crippen molar-refractivity contribution in [2.45, 2.75) is 31.8 Å². The van der Waals surface area contributed by atoms with Crippen LogP contribution in [0.1, 0.15) is 24.7 Å². The van der Waals surface area contributed by atoms with Crippen molar-refractivity contribution in [2.75, 3.05) is 18.2 Å². The van der Waals surface area contributed by atoms with Gasteiger partial charge in [0, 0.05) is 5.69 Å². The molecule has 0 unspecified atom stereocenters. The number of nitrogens with two attached hydrogens (primary N) is 1. The summed E-state index contributed by atoms with van der Waals surface area (Å²) in [5, 5.41) is 5.85. The summed E-state index contributed by atoms with van der Waals surface area (Å²) in [4.78, 5) is 39.3. The van der Waals surface area contributed by atoms with Gasteiger partial charge in [-0.1, -0.05) is 30.3 Å². The van der Waals surface area contributed by atoms with Crippen LogP contribution in [0, 0.1) is 0 Å². The molecule has 10 nitrogen and oxygen atoms in total. The molecule has 1 aliphatic rings. The summed E-state index contributed by atoms with van der Waals surface area (Å²) >= 11 is 0. The number of nitrogens with one attached hydrogen (secondary N) is 2. The highest BCUT2D eigenvalue weighted by molar-refractivity contribution is 6.06. The summed E-state index contributed by atoms with van der Waals surface area (Å²) in [6.45, 7) is 1.61. The van der Waals surface area contributed by atoms with Crippen molar-refractivity contribution in [3.8, 4) is 5.75 Å². The van der Waals surface area contributed by atoms with E-state index in [1.165, 1.54) is 0 Å². The molecular formula is C23H25N7O3. The fraction of sp³-hybridized carbons (Fsp3) is 0.261. The molecule has 1 fully saturated rings. The number of hydrogen-bond donors (Lipinski definition) is 3. The summed E-state index contributed by atoms with van der Waals surface area (Å²) in [6, 6.07) is 16.5. The Morgan fingerprint density at radius 2 is 1.79 bits per heavy atom. The first-order valence-electron chi connectivity index (χ1n) is 10.5. The fourth-order valence-electron chi connectivity index (χ4n) is 3.60. The van der Waals surface area contributed by atoms with E-state index in [4.69, 9.17) is 10.5 Å². The van der Waals surface area contributed by atoms with Gasteiger partial charge in [-0.25, -0.2) is 4.79 Å². The van der Waals surface area contributed by atoms with E-state index in [0.29, 0.717) is 12.8 Å². The van der Waals surface area contributed by atoms with Gasteiger partial charge < -0.3 is 21.1 Å². The Morgan fingerprint density at radius 1 is 1.06 bits per heavy atom. The molecule has 1 aliphatic heterocycles. The zero-order valence-electron chi connectivity index (χ0n) is 18.4. The lowest BCUT2D eigenvalue weighted by molar-refractivity contribution is -0.131. The van der Waals surface area contributed by atoms with Gasteiger partial charge in [-0.15, -0.1) is 0 Å². The quantitative estimate of drug-likeness (QED) is 0.449. The number of carbonyl (C=O) groups excluding carboxylic acids is 2. The maximum atomic E-state index is 13.1. The van der Waals surface area contributed by atoms with E-state index >= 15 is 0 Å². The van der Waals surface area contributed by atoms with Gasteiger partial charge in [0.1, 0.15) is 11.3 Å². The summed E-state index contributed by atoms with van der Waals surface area (Å²) in [5.74, 6) is 0.867. The van der Waals surface area contributed by atoms with Crippen LogP contribution in [0.15, 0.2) is 54.6 Å². The molecule has 1 atom stereocenters. The van der Waals surface area contributed by atoms with Crippen molar-refractivity contribution < 1.29 is 14.3 Å². The molecule has 170 valence electrons. The third-order valence-electron chi connectivity index (χ3n) is 5.45. The van der Waals surface area contributed by atoms with Crippen LogP contribution in [0.4, 0.5) is 22.4 Å². The second kappa shape index (κ2) is 9.11. The van der Waals surface area contributed by atoms with Crippen molar-refractivity contribution in [1.82, 2.24) is 25.2 Å². The number of amides is 3. The standard InChI is InChI=1S/C23H25N7O3/c1-23(13-12-15-8-10-17(33-2)11-9-15)19(31)30(22(32)29-23)14-18-26-20(24)28-21(27-18)25-16-6-4-3-5-7-16/h3-11H,12-14H2,1-2H3,(H,29,32)(H3,24,25,26,27,28)/t23-/m1/s1. The molecule has 1 saturated heterocycles. The third-order valence-corrected chi connectivity index (χ3v) is 5.45. The molecule has 3 aromatic rings. The number of anilines is 3. The Morgan fingerprint density at radius 3 is 2.48 bits per heavy atom. The van der Waals surface area contributed by atoms with Crippen molar-refractivity contribution >= 4 is 29.5 Å². The average molecular weight is 447 g/mol. The largest absolute Gasteiger partial charge is 0.497 e. The minimum Gasteiger partial charge on any atom is -0.497 e. The second-order valence-corrected chi connectivity index (χ2v) is 7.93. The number of urea groups is 1. The smallest absolute Gasteiger partial charge is 0.325 e. The number of aryl methyl sites for hydroxylation is 1. The number of nitrogens with zero attached hydrogens (tertiary/aromatic N) is 4. The van der Waals surface area contributed by atoms with Crippen molar-refractivity contribution in [1.29, 1.82) is 0 Å². The number of aromatic nitrogens is 3. The first-order valence-corrected chi connectivity index (χ1v) is 10.5. The molecule has 0 bridgehead atoms. The molecule has 0 radical (unpaired) electrons. The van der Waals surface area contributed by atoms with Crippen molar-refractivity contribution in [3.05, 3.63) is 66.0 Å². The molecule has 0 saturated carbocycles. The number of imide groups is 1. The van der Waals surface area contributed by atoms with E-state index in [2.05, 4.69) is 25.6 Å². The van der Waals surface area contributed by atoms with E-state index in [0.717, 1.165) is 21.9 Å². The Hall–Kier alpha value is -4.21. The maximum absolute atomic E-state index is 13.1. The van der Waals surface area contributed by atoms with Crippen LogP contribution < -0.4 is 21.1 Å². The van der Waals surface area contributed by atoms with Crippen molar-refractivity contribution in [2.24, 2.45) is 0 Å². The number of para-hydroxylation sites is 1. The Balaban J connectivity index is 1.45. The van der Waals surface area contributed by atoms with Crippen LogP contribution in [0.2, 0.25) is 0 Å². The van der Waals surface area contributed by atoms with E-state index < -0.39 is 11.6 Å². The summed E-state index contributed by atoms with van der Waals surface area (Å²) in [5.41, 5.74) is 6.61. The van der Waals surface area contributed by atoms with Crippen LogP contribution in [0.25, 0.3) is 0 Å². The Labute approximate surface area is 191 Å². The topological polar surface area (TPSA) is 135 Å². The number of hydrogen-bond acceptors (Lipinski definition) is 8. The molecule has 1 aromatic heterocycles. The van der Waals surface area contributed by atoms with Crippen LogP contribution in [-0.2, 0) is 17.8 Å². The highest BCUT2D eigenvalue weighted by Crippen LogP contribution is 2.25. The van der Waals surface area contributed by atoms with E-state index in [1.54, 1.807) is 14.0 Å². The SMILES string of the molecule is COc1ccc(CC[C@@]2(C)NC(=O)N(Cc3nc(N)nc(Nc4ccccc4)n3)C2=O)cc1. The predicted octanol–water partition coefficient (Wildman–Crippen LogP) is 2.65. The van der Waals surface area contributed by atoms with Gasteiger partial charge in [0.2, 0.25) is 11.9 Å². The number of benzene rings is 2.